The van der Waals surface area contributed by atoms with Crippen molar-refractivity contribution in [3.8, 4) is 5.75 Å². The first-order valence-corrected chi connectivity index (χ1v) is 9.87. The Morgan fingerprint density at radius 2 is 1.91 bits per heavy atom. The monoisotopic (exact) mass is 380 g/mol. The Morgan fingerprint density at radius 1 is 1.26 bits per heavy atom. The fourth-order valence-electron chi connectivity index (χ4n) is 2.80. The summed E-state index contributed by atoms with van der Waals surface area (Å²) in [6.07, 6.45) is 2.33. The number of piperidine rings is 1. The van der Waals surface area contributed by atoms with Crippen LogP contribution in [0.4, 0.5) is 0 Å². The van der Waals surface area contributed by atoms with Crippen molar-refractivity contribution >= 4 is 33.2 Å². The highest BCUT2D eigenvalue weighted by molar-refractivity contribution is 7.89. The molecule has 0 amide bonds. The Morgan fingerprint density at radius 3 is 2.48 bits per heavy atom. The van der Waals surface area contributed by atoms with Gasteiger partial charge in [0.15, 0.2) is 0 Å². The van der Waals surface area contributed by atoms with Crippen LogP contribution < -0.4 is 10.1 Å². The molecule has 0 radical (unpaired) electrons. The van der Waals surface area contributed by atoms with E-state index in [0.29, 0.717) is 12.3 Å². The van der Waals surface area contributed by atoms with Crippen LogP contribution in [-0.2, 0) is 10.0 Å². The number of nitrogens with zero attached hydrogens (tertiary/aromatic N) is 1. The molecule has 0 bridgehead atoms. The molecule has 1 aliphatic rings. The average Bonchev–Trinajstić information content (AvgIpc) is 2.54. The molecule has 1 aliphatic heterocycles. The van der Waals surface area contributed by atoms with Crippen LogP contribution in [0.2, 0.25) is 10.0 Å². The minimum Gasteiger partial charge on any atom is -0.495 e. The van der Waals surface area contributed by atoms with Gasteiger partial charge in [-0.3, -0.25) is 0 Å². The molecule has 1 fully saturated rings. The summed E-state index contributed by atoms with van der Waals surface area (Å²) in [5, 5.41) is 3.61. The molecule has 8 heteroatoms. The molecule has 1 aromatic carbocycles. The highest BCUT2D eigenvalue weighted by Gasteiger charge is 2.33. The van der Waals surface area contributed by atoms with Crippen LogP contribution in [0.15, 0.2) is 17.0 Å². The second kappa shape index (κ2) is 8.03. The van der Waals surface area contributed by atoms with Crippen molar-refractivity contribution in [2.45, 2.75) is 37.1 Å². The number of sulfonamides is 1. The third-order valence-corrected chi connectivity index (χ3v) is 6.66. The van der Waals surface area contributed by atoms with Crippen molar-refractivity contribution in [2.75, 3.05) is 26.7 Å². The first-order chi connectivity index (χ1) is 10.9. The molecule has 0 unspecified atom stereocenters. The van der Waals surface area contributed by atoms with Crippen LogP contribution in [0.5, 0.6) is 5.75 Å². The number of hydrogen-bond acceptors (Lipinski definition) is 4. The zero-order valence-corrected chi connectivity index (χ0v) is 15.6. The SMILES string of the molecule is CCCN(C1CCNCC1)S(=O)(=O)c1cc(Cl)c(OC)cc1Cl. The number of hydrogen-bond donors (Lipinski definition) is 1. The third-order valence-electron chi connectivity index (χ3n) is 3.95. The zero-order chi connectivity index (χ0) is 17.0. The maximum atomic E-state index is 13.1. The van der Waals surface area contributed by atoms with E-state index in [9.17, 15) is 8.42 Å². The first kappa shape index (κ1) is 18.8. The Bertz CT molecular complexity index is 646. The van der Waals surface area contributed by atoms with E-state index in [1.54, 1.807) is 4.31 Å². The summed E-state index contributed by atoms with van der Waals surface area (Å²) < 4.78 is 32.9. The molecule has 23 heavy (non-hydrogen) atoms. The summed E-state index contributed by atoms with van der Waals surface area (Å²) in [6, 6.07) is 2.81. The minimum atomic E-state index is -3.71. The fraction of sp³-hybridized carbons (Fsp3) is 0.600. The lowest BCUT2D eigenvalue weighted by Crippen LogP contribution is -2.46. The smallest absolute Gasteiger partial charge is 0.244 e. The predicted octanol–water partition coefficient (Wildman–Crippen LogP) is 3.15. The maximum Gasteiger partial charge on any atom is 0.244 e. The quantitative estimate of drug-likeness (QED) is 0.823. The van der Waals surface area contributed by atoms with Gasteiger partial charge in [-0.15, -0.1) is 0 Å². The molecule has 5 nitrogen and oxygen atoms in total. The van der Waals surface area contributed by atoms with Gasteiger partial charge in [0.2, 0.25) is 10.0 Å². The van der Waals surface area contributed by atoms with Gasteiger partial charge in [0.05, 0.1) is 17.2 Å². The lowest BCUT2D eigenvalue weighted by Gasteiger charge is -2.33. The van der Waals surface area contributed by atoms with Crippen molar-refractivity contribution in [3.05, 3.63) is 22.2 Å². The van der Waals surface area contributed by atoms with Crippen LogP contribution >= 0.6 is 23.2 Å². The van der Waals surface area contributed by atoms with Crippen LogP contribution in [-0.4, -0.2) is 45.5 Å². The summed E-state index contributed by atoms with van der Waals surface area (Å²) in [5.74, 6) is 0.361. The molecule has 0 aromatic heterocycles. The van der Waals surface area contributed by atoms with Crippen LogP contribution in [0.3, 0.4) is 0 Å². The second-order valence-corrected chi connectivity index (χ2v) is 8.19. The summed E-state index contributed by atoms with van der Waals surface area (Å²) in [6.45, 7) is 4.06. The van der Waals surface area contributed by atoms with Crippen LogP contribution in [0, 0.1) is 0 Å². The van der Waals surface area contributed by atoms with E-state index in [2.05, 4.69) is 5.32 Å². The van der Waals surface area contributed by atoms with Crippen molar-refractivity contribution in [1.29, 1.82) is 0 Å². The lowest BCUT2D eigenvalue weighted by atomic mass is 10.1. The molecule has 0 aliphatic carbocycles. The highest BCUT2D eigenvalue weighted by atomic mass is 35.5. The standard InChI is InChI=1S/C15H22Cl2N2O3S/c1-3-8-19(11-4-6-18-7-5-11)23(20,21)15-10-12(16)14(22-2)9-13(15)17/h9-11,18H,3-8H2,1-2H3. The number of benzene rings is 1. The van der Waals surface area contributed by atoms with Crippen molar-refractivity contribution in [2.24, 2.45) is 0 Å². The number of methoxy groups -OCH3 is 1. The van der Waals surface area contributed by atoms with E-state index in [-0.39, 0.29) is 21.0 Å². The molecule has 0 spiro atoms. The van der Waals surface area contributed by atoms with Gasteiger partial charge < -0.3 is 10.1 Å². The van der Waals surface area contributed by atoms with Gasteiger partial charge in [-0.25, -0.2) is 8.42 Å². The van der Waals surface area contributed by atoms with Gasteiger partial charge in [-0.05, 0) is 38.4 Å². The molecule has 2 rings (SSSR count). The molecule has 130 valence electrons. The van der Waals surface area contributed by atoms with Gasteiger partial charge in [-0.1, -0.05) is 30.1 Å². The van der Waals surface area contributed by atoms with Crippen LogP contribution in [0.1, 0.15) is 26.2 Å². The summed E-state index contributed by atoms with van der Waals surface area (Å²) in [7, 11) is -2.24. The first-order valence-electron chi connectivity index (χ1n) is 7.67. The van der Waals surface area contributed by atoms with Crippen molar-refractivity contribution in [3.63, 3.8) is 0 Å². The van der Waals surface area contributed by atoms with Crippen LogP contribution in [0.25, 0.3) is 0 Å². The van der Waals surface area contributed by atoms with E-state index < -0.39 is 10.0 Å². The lowest BCUT2D eigenvalue weighted by molar-refractivity contribution is 0.262. The fourth-order valence-corrected chi connectivity index (χ4v) is 5.41. The topological polar surface area (TPSA) is 58.6 Å². The van der Waals surface area contributed by atoms with E-state index in [0.717, 1.165) is 32.4 Å². The summed E-state index contributed by atoms with van der Waals surface area (Å²) in [5.41, 5.74) is 0. The Labute approximate surface area is 148 Å². The van der Waals surface area contributed by atoms with E-state index >= 15 is 0 Å². The second-order valence-electron chi connectivity index (χ2n) is 5.51. The Hall–Kier alpha value is -0.530. The number of halogens is 2. The molecular formula is C15H22Cl2N2O3S. The maximum absolute atomic E-state index is 13.1. The average molecular weight is 381 g/mol. The molecule has 1 aromatic rings. The number of rotatable bonds is 6. The molecule has 1 heterocycles. The predicted molar refractivity (Wildman–Crippen MR) is 93.1 cm³/mol. The summed E-state index contributed by atoms with van der Waals surface area (Å²) >= 11 is 12.3. The van der Waals surface area contributed by atoms with Gasteiger partial charge in [0.1, 0.15) is 10.6 Å². The molecule has 1 saturated heterocycles. The van der Waals surface area contributed by atoms with Crippen molar-refractivity contribution in [1.82, 2.24) is 9.62 Å². The Balaban J connectivity index is 2.43. The van der Waals surface area contributed by atoms with Gasteiger partial charge in [0, 0.05) is 18.7 Å². The minimum absolute atomic E-state index is 0.0156. The molecule has 0 saturated carbocycles. The largest absolute Gasteiger partial charge is 0.495 e. The van der Waals surface area contributed by atoms with Gasteiger partial charge in [0.25, 0.3) is 0 Å². The van der Waals surface area contributed by atoms with E-state index in [1.807, 2.05) is 6.92 Å². The van der Waals surface area contributed by atoms with Gasteiger partial charge in [-0.2, -0.15) is 4.31 Å². The Kier molecular flexibility index (Phi) is 6.57. The normalized spacial score (nSPS) is 16.7. The molecule has 0 atom stereocenters. The number of ether oxygens (including phenoxy) is 1. The number of nitrogens with one attached hydrogen (secondary N) is 1. The zero-order valence-electron chi connectivity index (χ0n) is 13.3. The third kappa shape index (κ3) is 4.12. The highest BCUT2D eigenvalue weighted by Crippen LogP contribution is 2.35. The van der Waals surface area contributed by atoms with E-state index in [4.69, 9.17) is 27.9 Å². The summed E-state index contributed by atoms with van der Waals surface area (Å²) in [4.78, 5) is 0.0388. The van der Waals surface area contributed by atoms with Gasteiger partial charge >= 0.3 is 0 Å². The van der Waals surface area contributed by atoms with Crippen molar-refractivity contribution < 1.29 is 13.2 Å². The molecule has 1 N–H and O–H groups in total. The van der Waals surface area contributed by atoms with E-state index in [1.165, 1.54) is 19.2 Å². The molecular weight excluding hydrogens is 359 g/mol.